The monoisotopic (exact) mass is 500 g/mol. The van der Waals surface area contributed by atoms with Gasteiger partial charge in [0, 0.05) is 18.8 Å². The van der Waals surface area contributed by atoms with Crippen molar-refractivity contribution in [3.8, 4) is 0 Å². The molecule has 2 aliphatic heterocycles. The molecule has 1 aromatic carbocycles. The normalized spacial score (nSPS) is 17.2. The number of benzene rings is 1. The number of aromatic nitrogens is 2. The predicted molar refractivity (Wildman–Crippen MR) is 141 cm³/mol. The Bertz CT molecular complexity index is 1290. The highest BCUT2D eigenvalue weighted by atomic mass is 32.2. The minimum atomic E-state index is -3.46. The Balaban J connectivity index is 1.41. The van der Waals surface area contributed by atoms with Crippen LogP contribution in [0.2, 0.25) is 0 Å². The van der Waals surface area contributed by atoms with Gasteiger partial charge in [-0.1, -0.05) is 6.07 Å². The third kappa shape index (κ3) is 4.46. The Kier molecular flexibility index (Phi) is 6.16. The van der Waals surface area contributed by atoms with E-state index in [9.17, 15) is 8.42 Å². The lowest BCUT2D eigenvalue weighted by atomic mass is 9.98. The molecule has 10 heteroatoms. The number of nitrogens with zero attached hydrogens (tertiary/aromatic N) is 3. The molecular weight excluding hydrogens is 468 g/mol. The SMILES string of the molecule is CC(C)(C)S(=O)(=O)N1CCc2ccc(Nc3nc(NCC4CCNCC4)nc4sccc34)cc21. The van der Waals surface area contributed by atoms with Gasteiger partial charge < -0.3 is 16.0 Å². The summed E-state index contributed by atoms with van der Waals surface area (Å²) in [6.07, 6.45) is 3.03. The van der Waals surface area contributed by atoms with Gasteiger partial charge in [0.15, 0.2) is 0 Å². The molecule has 0 radical (unpaired) electrons. The second kappa shape index (κ2) is 8.98. The molecule has 1 fully saturated rings. The van der Waals surface area contributed by atoms with Crippen molar-refractivity contribution in [2.75, 3.05) is 41.1 Å². The van der Waals surface area contributed by atoms with Crippen molar-refractivity contribution >= 4 is 54.7 Å². The highest BCUT2D eigenvalue weighted by Crippen LogP contribution is 2.37. The number of piperidine rings is 1. The van der Waals surface area contributed by atoms with E-state index in [1.54, 1.807) is 36.4 Å². The van der Waals surface area contributed by atoms with E-state index in [1.807, 2.05) is 29.6 Å². The van der Waals surface area contributed by atoms with Crippen LogP contribution in [-0.2, 0) is 16.4 Å². The molecule has 34 heavy (non-hydrogen) atoms. The molecule has 0 bridgehead atoms. The van der Waals surface area contributed by atoms with Crippen LogP contribution in [0.1, 0.15) is 39.2 Å². The summed E-state index contributed by atoms with van der Waals surface area (Å²) in [5, 5.41) is 13.2. The average Bonchev–Trinajstić information content (AvgIpc) is 3.45. The Morgan fingerprint density at radius 1 is 1.18 bits per heavy atom. The number of fused-ring (bicyclic) bond motifs is 2. The maximum atomic E-state index is 13.1. The molecule has 0 atom stereocenters. The summed E-state index contributed by atoms with van der Waals surface area (Å²) >= 11 is 1.59. The Morgan fingerprint density at radius 2 is 1.97 bits per heavy atom. The fraction of sp³-hybridized carbons (Fsp3) is 0.500. The van der Waals surface area contributed by atoms with Gasteiger partial charge in [-0.25, -0.2) is 13.4 Å². The smallest absolute Gasteiger partial charge is 0.240 e. The Labute approximate surface area is 205 Å². The van der Waals surface area contributed by atoms with E-state index < -0.39 is 14.8 Å². The average molecular weight is 501 g/mol. The van der Waals surface area contributed by atoms with Crippen LogP contribution < -0.4 is 20.3 Å². The van der Waals surface area contributed by atoms with Gasteiger partial charge >= 0.3 is 0 Å². The fourth-order valence-corrected chi connectivity index (χ4v) is 6.68. The van der Waals surface area contributed by atoms with Crippen molar-refractivity contribution in [3.63, 3.8) is 0 Å². The molecule has 8 nitrogen and oxygen atoms in total. The third-order valence-electron chi connectivity index (χ3n) is 6.60. The largest absolute Gasteiger partial charge is 0.354 e. The van der Waals surface area contributed by atoms with Crippen LogP contribution >= 0.6 is 11.3 Å². The van der Waals surface area contributed by atoms with E-state index >= 15 is 0 Å². The first-order valence-corrected chi connectivity index (χ1v) is 14.2. The number of sulfonamides is 1. The molecule has 5 rings (SSSR count). The summed E-state index contributed by atoms with van der Waals surface area (Å²) in [4.78, 5) is 10.4. The lowest BCUT2D eigenvalue weighted by Gasteiger charge is -2.28. The third-order valence-corrected chi connectivity index (χ3v) is 9.91. The number of rotatable bonds is 6. The molecule has 4 heterocycles. The van der Waals surface area contributed by atoms with Gasteiger partial charge in [-0.05, 0) is 88.2 Å². The van der Waals surface area contributed by atoms with E-state index in [2.05, 4.69) is 16.0 Å². The van der Waals surface area contributed by atoms with Crippen LogP contribution in [0.3, 0.4) is 0 Å². The second-order valence-corrected chi connectivity index (χ2v) is 13.5. The Hall–Kier alpha value is -2.43. The lowest BCUT2D eigenvalue weighted by molar-refractivity contribution is 0.389. The summed E-state index contributed by atoms with van der Waals surface area (Å²) in [6, 6.07) is 7.95. The highest BCUT2D eigenvalue weighted by molar-refractivity contribution is 7.94. The van der Waals surface area contributed by atoms with E-state index in [0.717, 1.165) is 71.9 Å². The summed E-state index contributed by atoms with van der Waals surface area (Å²) in [5.74, 6) is 1.96. The number of anilines is 4. The molecule has 0 unspecified atom stereocenters. The first-order valence-electron chi connectivity index (χ1n) is 11.8. The van der Waals surface area contributed by atoms with E-state index in [-0.39, 0.29) is 0 Å². The molecule has 182 valence electrons. The van der Waals surface area contributed by atoms with Crippen LogP contribution in [0.4, 0.5) is 23.1 Å². The minimum Gasteiger partial charge on any atom is -0.354 e. The molecule has 3 aromatic rings. The van der Waals surface area contributed by atoms with Gasteiger partial charge in [0.25, 0.3) is 0 Å². The fourth-order valence-electron chi connectivity index (χ4n) is 4.50. The number of hydrogen-bond donors (Lipinski definition) is 3. The lowest BCUT2D eigenvalue weighted by Crippen LogP contribution is -2.42. The standard InChI is InChI=1S/C24H32N6O2S2/c1-24(2,3)34(31,32)30-12-8-17-4-5-18(14-20(17)30)27-21-19-9-13-33-22(19)29-23(28-21)26-15-16-6-10-25-11-7-16/h4-5,9,13-14,16,25H,6-8,10-12,15H2,1-3H3,(H2,26,27,28,29). The minimum absolute atomic E-state index is 0.478. The molecule has 0 saturated carbocycles. The zero-order valence-electron chi connectivity index (χ0n) is 19.9. The van der Waals surface area contributed by atoms with Crippen molar-refractivity contribution in [1.29, 1.82) is 0 Å². The predicted octanol–water partition coefficient (Wildman–Crippen LogP) is 4.34. The van der Waals surface area contributed by atoms with E-state index in [1.165, 1.54) is 0 Å². The van der Waals surface area contributed by atoms with E-state index in [4.69, 9.17) is 9.97 Å². The molecule has 2 aromatic heterocycles. The van der Waals surface area contributed by atoms with Crippen molar-refractivity contribution in [2.45, 2.75) is 44.8 Å². The molecule has 2 aliphatic rings. The molecule has 3 N–H and O–H groups in total. The highest BCUT2D eigenvalue weighted by Gasteiger charge is 2.38. The summed E-state index contributed by atoms with van der Waals surface area (Å²) in [7, 11) is -3.46. The number of hydrogen-bond acceptors (Lipinski definition) is 8. The molecule has 0 aliphatic carbocycles. The van der Waals surface area contributed by atoms with Gasteiger partial charge in [-0.3, -0.25) is 4.31 Å². The zero-order valence-corrected chi connectivity index (χ0v) is 21.5. The summed E-state index contributed by atoms with van der Waals surface area (Å²) < 4.78 is 27.0. The molecule has 1 saturated heterocycles. The number of nitrogens with one attached hydrogen (secondary N) is 3. The number of thiophene rings is 1. The Morgan fingerprint density at radius 3 is 2.74 bits per heavy atom. The quantitative estimate of drug-likeness (QED) is 0.463. The molecule has 0 amide bonds. The molecular formula is C24H32N6O2S2. The van der Waals surface area contributed by atoms with Crippen LogP contribution in [0.5, 0.6) is 0 Å². The van der Waals surface area contributed by atoms with Crippen LogP contribution in [0.15, 0.2) is 29.6 Å². The van der Waals surface area contributed by atoms with Crippen LogP contribution in [0.25, 0.3) is 10.2 Å². The van der Waals surface area contributed by atoms with Crippen molar-refractivity contribution in [2.24, 2.45) is 5.92 Å². The van der Waals surface area contributed by atoms with Crippen molar-refractivity contribution < 1.29 is 8.42 Å². The van der Waals surface area contributed by atoms with Crippen molar-refractivity contribution in [3.05, 3.63) is 35.2 Å². The summed E-state index contributed by atoms with van der Waals surface area (Å²) in [6.45, 7) is 8.69. The second-order valence-electron chi connectivity index (χ2n) is 10.0. The van der Waals surface area contributed by atoms with Crippen LogP contribution in [0, 0.1) is 5.92 Å². The first-order chi connectivity index (χ1) is 16.2. The van der Waals surface area contributed by atoms with Gasteiger partial charge in [-0.15, -0.1) is 11.3 Å². The summed E-state index contributed by atoms with van der Waals surface area (Å²) in [5.41, 5.74) is 2.61. The van der Waals surface area contributed by atoms with E-state index in [0.29, 0.717) is 18.4 Å². The van der Waals surface area contributed by atoms with Gasteiger partial charge in [0.2, 0.25) is 16.0 Å². The maximum absolute atomic E-state index is 13.1. The van der Waals surface area contributed by atoms with Crippen LogP contribution in [-0.4, -0.2) is 49.3 Å². The maximum Gasteiger partial charge on any atom is 0.240 e. The topological polar surface area (TPSA) is 99.2 Å². The zero-order chi connectivity index (χ0) is 23.9. The van der Waals surface area contributed by atoms with Gasteiger partial charge in [-0.2, -0.15) is 4.98 Å². The first kappa shape index (κ1) is 23.3. The van der Waals surface area contributed by atoms with Gasteiger partial charge in [0.05, 0.1) is 15.8 Å². The van der Waals surface area contributed by atoms with Gasteiger partial charge in [0.1, 0.15) is 10.6 Å². The van der Waals surface area contributed by atoms with Crippen molar-refractivity contribution in [1.82, 2.24) is 15.3 Å². The molecule has 0 spiro atoms.